The molecule has 8 heteroatoms. The van der Waals surface area contributed by atoms with Crippen LogP contribution in [0.2, 0.25) is 0 Å². The molecule has 0 bridgehead atoms. The fourth-order valence-electron chi connectivity index (χ4n) is 5.19. The molecule has 2 aromatic rings. The summed E-state index contributed by atoms with van der Waals surface area (Å²) in [5.41, 5.74) is 2.09. The van der Waals surface area contributed by atoms with Gasteiger partial charge in [-0.25, -0.2) is 8.89 Å². The number of hydrogen-bond donors (Lipinski definition) is 1. The van der Waals surface area contributed by atoms with Crippen molar-refractivity contribution in [2.24, 2.45) is 5.92 Å². The molecular weight excluding hydrogens is 412 g/mol. The van der Waals surface area contributed by atoms with E-state index in [1.165, 1.54) is 43.7 Å². The summed E-state index contributed by atoms with van der Waals surface area (Å²) in [7, 11) is -1.57. The summed E-state index contributed by atoms with van der Waals surface area (Å²) in [6, 6.07) is 6.22. The zero-order chi connectivity index (χ0) is 21.4. The first-order valence-electron chi connectivity index (χ1n) is 11.3. The zero-order valence-corrected chi connectivity index (χ0v) is 18.4. The number of nitrogens with one attached hydrogen (secondary N) is 1. The fraction of sp³-hybridized carbons (Fsp3) is 0.522. The summed E-state index contributed by atoms with van der Waals surface area (Å²) in [5, 5.41) is 5.67. The van der Waals surface area contributed by atoms with E-state index in [1.807, 2.05) is 6.07 Å². The van der Waals surface area contributed by atoms with Crippen LogP contribution in [-0.4, -0.2) is 43.8 Å². The molecule has 1 aliphatic carbocycles. The lowest BCUT2D eigenvalue weighted by molar-refractivity contribution is -0.133. The van der Waals surface area contributed by atoms with Gasteiger partial charge in [0.15, 0.2) is 16.0 Å². The predicted molar refractivity (Wildman–Crippen MR) is 120 cm³/mol. The Morgan fingerprint density at radius 3 is 2.61 bits per heavy atom. The highest BCUT2D eigenvalue weighted by atomic mass is 32.2. The maximum Gasteiger partial charge on any atom is 0.258 e. The molecule has 2 amide bonds. The first-order chi connectivity index (χ1) is 15.1. The lowest BCUT2D eigenvalue weighted by Crippen LogP contribution is -2.38. The van der Waals surface area contributed by atoms with E-state index in [0.717, 1.165) is 43.3 Å². The molecular formula is C23H28N4O3S. The highest BCUT2D eigenvalue weighted by Gasteiger charge is 2.27. The van der Waals surface area contributed by atoms with E-state index in [2.05, 4.69) is 26.9 Å². The van der Waals surface area contributed by atoms with E-state index in [1.54, 1.807) is 10.9 Å². The van der Waals surface area contributed by atoms with Gasteiger partial charge in [-0.3, -0.25) is 14.3 Å². The third-order valence-electron chi connectivity index (χ3n) is 6.95. The molecule has 5 rings (SSSR count). The van der Waals surface area contributed by atoms with Crippen LogP contribution in [0.25, 0.3) is 15.9 Å². The largest absolute Gasteiger partial charge is 0.343 e. The molecule has 164 valence electrons. The molecule has 1 N–H and O–H groups in total. The second kappa shape index (κ2) is 8.57. The summed E-state index contributed by atoms with van der Waals surface area (Å²) < 4.78 is 16.0. The average Bonchev–Trinajstić information content (AvgIpc) is 3.35. The standard InChI is InChI=1S/C23H28N4O3S/c28-21-14-23(31(30)25-21)27-20-7-6-18(13-19(20)15-24-27)17-8-10-26(11-9-17)22(29)12-16-4-2-1-3-5-16/h6-7,13-17H,1-5,8-12H2,(H,25,28). The van der Waals surface area contributed by atoms with E-state index >= 15 is 0 Å². The fourth-order valence-corrected chi connectivity index (χ4v) is 6.05. The number of hydrogen-bond acceptors (Lipinski definition) is 4. The Morgan fingerprint density at radius 2 is 1.90 bits per heavy atom. The van der Waals surface area contributed by atoms with Crippen LogP contribution >= 0.6 is 0 Å². The average molecular weight is 441 g/mol. The molecule has 2 aliphatic heterocycles. The Morgan fingerprint density at radius 1 is 1.13 bits per heavy atom. The van der Waals surface area contributed by atoms with E-state index in [4.69, 9.17) is 0 Å². The number of aromatic nitrogens is 2. The maximum atomic E-state index is 12.7. The van der Waals surface area contributed by atoms with Gasteiger partial charge in [-0.05, 0) is 55.2 Å². The Hall–Kier alpha value is -2.48. The number of fused-ring (bicyclic) bond motifs is 1. The van der Waals surface area contributed by atoms with Crippen molar-refractivity contribution in [2.45, 2.75) is 57.3 Å². The van der Waals surface area contributed by atoms with Crippen LogP contribution in [0.4, 0.5) is 0 Å². The number of rotatable bonds is 4. The van der Waals surface area contributed by atoms with E-state index in [0.29, 0.717) is 22.8 Å². The van der Waals surface area contributed by atoms with Gasteiger partial charge in [0.05, 0.1) is 11.7 Å². The summed E-state index contributed by atoms with van der Waals surface area (Å²) in [6.07, 6.45) is 12.1. The number of carbonyl (C=O) groups is 2. The number of carbonyl (C=O) groups excluding carboxylic acids is 2. The van der Waals surface area contributed by atoms with Crippen LogP contribution in [0, 0.1) is 5.92 Å². The van der Waals surface area contributed by atoms with Crippen LogP contribution in [-0.2, 0) is 20.6 Å². The number of amides is 2. The van der Waals surface area contributed by atoms with Gasteiger partial charge in [0.2, 0.25) is 5.91 Å². The molecule has 3 heterocycles. The summed E-state index contributed by atoms with van der Waals surface area (Å²) >= 11 is 0. The van der Waals surface area contributed by atoms with Crippen LogP contribution in [0.1, 0.15) is 62.8 Å². The summed E-state index contributed by atoms with van der Waals surface area (Å²) in [5.74, 6) is 0.990. The summed E-state index contributed by atoms with van der Waals surface area (Å²) in [4.78, 5) is 26.3. The van der Waals surface area contributed by atoms with Crippen molar-refractivity contribution >= 4 is 38.7 Å². The highest BCUT2D eigenvalue weighted by Crippen LogP contribution is 2.32. The van der Waals surface area contributed by atoms with Crippen LogP contribution in [0.3, 0.4) is 0 Å². The van der Waals surface area contributed by atoms with Crippen LogP contribution in [0.15, 0.2) is 30.5 Å². The Balaban J connectivity index is 1.24. The molecule has 1 unspecified atom stereocenters. The zero-order valence-electron chi connectivity index (χ0n) is 17.6. The molecule has 1 aromatic heterocycles. The van der Waals surface area contributed by atoms with Gasteiger partial charge in [-0.15, -0.1) is 0 Å². The molecule has 1 aromatic carbocycles. The van der Waals surface area contributed by atoms with E-state index < -0.39 is 11.0 Å². The monoisotopic (exact) mass is 440 g/mol. The van der Waals surface area contributed by atoms with Gasteiger partial charge in [-0.2, -0.15) is 5.10 Å². The van der Waals surface area contributed by atoms with E-state index in [-0.39, 0.29) is 5.91 Å². The SMILES string of the molecule is O=C1C=C(n2ncc3cc(C4CCN(C(=O)CC5CCCCC5)CC4)ccc32)S(=O)N1. The van der Waals surface area contributed by atoms with Gasteiger partial charge in [0, 0.05) is 31.0 Å². The van der Waals surface area contributed by atoms with Gasteiger partial charge in [0.1, 0.15) is 0 Å². The molecule has 0 radical (unpaired) electrons. The lowest BCUT2D eigenvalue weighted by atomic mass is 9.85. The molecule has 1 saturated carbocycles. The number of likely N-dealkylation sites (tertiary alicyclic amines) is 1. The minimum atomic E-state index is -1.57. The van der Waals surface area contributed by atoms with Gasteiger partial charge >= 0.3 is 0 Å². The minimum absolute atomic E-state index is 0.336. The third kappa shape index (κ3) is 4.18. The molecule has 3 aliphatic rings. The Bertz CT molecular complexity index is 1060. The second-order valence-corrected chi connectivity index (χ2v) is 10.1. The third-order valence-corrected chi connectivity index (χ3v) is 8.00. The predicted octanol–water partition coefficient (Wildman–Crippen LogP) is 3.30. The quantitative estimate of drug-likeness (QED) is 0.791. The van der Waals surface area contributed by atoms with Crippen molar-refractivity contribution < 1.29 is 13.8 Å². The molecule has 1 atom stereocenters. The minimum Gasteiger partial charge on any atom is -0.343 e. The number of benzene rings is 1. The maximum absolute atomic E-state index is 12.7. The van der Waals surface area contributed by atoms with Crippen molar-refractivity contribution in [2.75, 3.05) is 13.1 Å². The van der Waals surface area contributed by atoms with Gasteiger partial charge in [-0.1, -0.05) is 25.3 Å². The van der Waals surface area contributed by atoms with Gasteiger partial charge in [0.25, 0.3) is 5.91 Å². The van der Waals surface area contributed by atoms with Crippen LogP contribution in [0.5, 0.6) is 0 Å². The molecule has 7 nitrogen and oxygen atoms in total. The summed E-state index contributed by atoms with van der Waals surface area (Å²) in [6.45, 7) is 1.65. The first kappa shape index (κ1) is 20.4. The molecule has 1 saturated heterocycles. The molecule has 31 heavy (non-hydrogen) atoms. The topological polar surface area (TPSA) is 84.3 Å². The van der Waals surface area contributed by atoms with E-state index in [9.17, 15) is 13.8 Å². The lowest BCUT2D eigenvalue weighted by Gasteiger charge is -2.33. The second-order valence-electron chi connectivity index (χ2n) is 8.96. The van der Waals surface area contributed by atoms with Crippen molar-refractivity contribution in [3.63, 3.8) is 0 Å². The van der Waals surface area contributed by atoms with Crippen LogP contribution < -0.4 is 4.72 Å². The number of piperidine rings is 1. The molecule has 0 spiro atoms. The highest BCUT2D eigenvalue weighted by molar-refractivity contribution is 7.93. The van der Waals surface area contributed by atoms with Gasteiger partial charge < -0.3 is 4.90 Å². The normalized spacial score (nSPS) is 23.2. The van der Waals surface area contributed by atoms with Crippen molar-refractivity contribution in [1.82, 2.24) is 19.4 Å². The van der Waals surface area contributed by atoms with Crippen molar-refractivity contribution in [1.29, 1.82) is 0 Å². The van der Waals surface area contributed by atoms with Crippen molar-refractivity contribution in [3.05, 3.63) is 36.0 Å². The Labute approximate surface area is 184 Å². The molecule has 2 fully saturated rings. The first-order valence-corrected chi connectivity index (χ1v) is 12.4. The van der Waals surface area contributed by atoms with Crippen molar-refractivity contribution in [3.8, 4) is 0 Å². The smallest absolute Gasteiger partial charge is 0.258 e. The Kier molecular flexibility index (Phi) is 5.65. The number of nitrogens with zero attached hydrogens (tertiary/aromatic N) is 3.